The van der Waals surface area contributed by atoms with Gasteiger partial charge < -0.3 is 16.0 Å². The van der Waals surface area contributed by atoms with Gasteiger partial charge in [-0.3, -0.25) is 23.9 Å². The van der Waals surface area contributed by atoms with Crippen molar-refractivity contribution in [3.8, 4) is 11.3 Å². The molecule has 38 heavy (non-hydrogen) atoms. The van der Waals surface area contributed by atoms with Gasteiger partial charge in [0.15, 0.2) is 0 Å². The lowest BCUT2D eigenvalue weighted by Gasteiger charge is -2.23. The summed E-state index contributed by atoms with van der Waals surface area (Å²) in [7, 11) is 0. The number of nitrogens with one attached hydrogen (secondary N) is 3. The van der Waals surface area contributed by atoms with Crippen LogP contribution >= 0.6 is 0 Å². The van der Waals surface area contributed by atoms with Crippen molar-refractivity contribution in [1.29, 1.82) is 0 Å². The second kappa shape index (κ2) is 12.2. The van der Waals surface area contributed by atoms with E-state index in [9.17, 15) is 32.3 Å². The molecule has 1 atom stereocenters. The normalized spacial score (nSPS) is 12.1. The highest BCUT2D eigenvalue weighted by Gasteiger charge is 2.45. The molecule has 0 saturated heterocycles. The van der Waals surface area contributed by atoms with Gasteiger partial charge in [0.2, 0.25) is 5.91 Å². The summed E-state index contributed by atoms with van der Waals surface area (Å²) in [6, 6.07) is 12.3. The Hall–Kier alpha value is -4.48. The quantitative estimate of drug-likeness (QED) is 0.392. The number of urea groups is 1. The summed E-state index contributed by atoms with van der Waals surface area (Å²) in [5.41, 5.74) is 0.701. The Bertz CT molecular complexity index is 1340. The van der Waals surface area contributed by atoms with E-state index in [0.717, 1.165) is 10.1 Å². The van der Waals surface area contributed by atoms with E-state index in [1.54, 1.807) is 54.9 Å². The summed E-state index contributed by atoms with van der Waals surface area (Å²) in [5.74, 6) is -3.91. The number of carbonyl (C=O) groups excluding carboxylic acids is 3. The minimum absolute atomic E-state index is 0.156. The molecule has 0 spiro atoms. The van der Waals surface area contributed by atoms with Gasteiger partial charge in [-0.1, -0.05) is 44.2 Å². The standard InChI is InChI=1S/C26H26F3N5O4/c1-16(2)22(23(36)26(27,28)29)33-21(35)15-34-20(18-6-4-3-5-7-18)9-8-19(24(34)37)32-25(38)31-14-17-10-12-30-13-11-17/h3-13,16,22H,14-15H2,1-2H3,(H,33,35)(H2,31,32,38). The molecule has 0 bridgehead atoms. The van der Waals surface area contributed by atoms with Crippen molar-refractivity contribution in [2.75, 3.05) is 5.32 Å². The average Bonchev–Trinajstić information content (AvgIpc) is 2.88. The van der Waals surface area contributed by atoms with Crippen LogP contribution < -0.4 is 21.5 Å². The van der Waals surface area contributed by atoms with Crippen molar-refractivity contribution in [2.45, 2.75) is 39.2 Å². The van der Waals surface area contributed by atoms with Crippen LogP contribution in [0.1, 0.15) is 19.4 Å². The number of hydrogen-bond donors (Lipinski definition) is 3. The molecule has 0 aliphatic heterocycles. The molecular weight excluding hydrogens is 503 g/mol. The monoisotopic (exact) mass is 529 g/mol. The molecule has 0 fully saturated rings. The van der Waals surface area contributed by atoms with E-state index in [0.29, 0.717) is 5.56 Å². The molecule has 2 heterocycles. The molecule has 3 amide bonds. The number of Topliss-reactive ketones (excluding diaryl/α,β-unsaturated/α-hetero) is 1. The maximum atomic E-state index is 13.3. The first kappa shape index (κ1) is 28.1. The van der Waals surface area contributed by atoms with Crippen LogP contribution in [0.4, 0.5) is 23.7 Å². The molecule has 0 saturated carbocycles. The number of rotatable bonds is 9. The highest BCUT2D eigenvalue weighted by molar-refractivity contribution is 5.93. The van der Waals surface area contributed by atoms with Gasteiger partial charge in [-0.15, -0.1) is 0 Å². The molecule has 1 aromatic carbocycles. The van der Waals surface area contributed by atoms with E-state index in [4.69, 9.17) is 0 Å². The van der Waals surface area contributed by atoms with Crippen LogP contribution in [-0.2, 0) is 22.7 Å². The lowest BCUT2D eigenvalue weighted by atomic mass is 9.99. The smallest absolute Gasteiger partial charge is 0.344 e. The Morgan fingerprint density at radius 3 is 2.24 bits per heavy atom. The predicted molar refractivity (Wildman–Crippen MR) is 134 cm³/mol. The van der Waals surface area contributed by atoms with Gasteiger partial charge in [0.1, 0.15) is 12.2 Å². The van der Waals surface area contributed by atoms with Crippen LogP contribution in [0.15, 0.2) is 71.8 Å². The number of alkyl halides is 3. The van der Waals surface area contributed by atoms with Crippen LogP contribution in [0, 0.1) is 5.92 Å². The molecule has 0 aliphatic carbocycles. The van der Waals surface area contributed by atoms with E-state index in [1.807, 2.05) is 0 Å². The first-order valence-corrected chi connectivity index (χ1v) is 11.6. The third-order valence-corrected chi connectivity index (χ3v) is 5.54. The highest BCUT2D eigenvalue weighted by Crippen LogP contribution is 2.22. The molecule has 200 valence electrons. The van der Waals surface area contributed by atoms with Gasteiger partial charge in [-0.25, -0.2) is 4.79 Å². The first-order chi connectivity index (χ1) is 18.0. The second-order valence-corrected chi connectivity index (χ2v) is 8.70. The van der Waals surface area contributed by atoms with Crippen molar-refractivity contribution in [1.82, 2.24) is 20.2 Å². The fourth-order valence-electron chi connectivity index (χ4n) is 3.61. The first-order valence-electron chi connectivity index (χ1n) is 11.6. The molecule has 3 aromatic rings. The number of benzene rings is 1. The Morgan fingerprint density at radius 2 is 1.63 bits per heavy atom. The van der Waals surface area contributed by atoms with Gasteiger partial charge in [-0.05, 0) is 41.3 Å². The van der Waals surface area contributed by atoms with Gasteiger partial charge in [-0.2, -0.15) is 13.2 Å². The number of carbonyl (C=O) groups is 3. The van der Waals surface area contributed by atoms with Crippen LogP contribution in [0.2, 0.25) is 0 Å². The maximum absolute atomic E-state index is 13.3. The molecule has 12 heteroatoms. The van der Waals surface area contributed by atoms with Crippen LogP contribution in [0.3, 0.4) is 0 Å². The third kappa shape index (κ3) is 7.28. The zero-order valence-corrected chi connectivity index (χ0v) is 20.6. The Morgan fingerprint density at radius 1 is 0.974 bits per heavy atom. The number of nitrogens with zero attached hydrogens (tertiary/aromatic N) is 2. The summed E-state index contributed by atoms with van der Waals surface area (Å²) < 4.78 is 40.1. The van der Waals surface area contributed by atoms with Crippen molar-refractivity contribution < 1.29 is 27.6 Å². The Balaban J connectivity index is 1.87. The zero-order chi connectivity index (χ0) is 27.9. The number of amides is 3. The summed E-state index contributed by atoms with van der Waals surface area (Å²) in [6.45, 7) is 2.21. The topological polar surface area (TPSA) is 122 Å². The molecule has 9 nitrogen and oxygen atoms in total. The highest BCUT2D eigenvalue weighted by atomic mass is 19.4. The number of anilines is 1. The number of pyridine rings is 2. The summed E-state index contributed by atoms with van der Waals surface area (Å²) in [6.07, 6.45) is -2.01. The van der Waals surface area contributed by atoms with Gasteiger partial charge in [0, 0.05) is 18.9 Å². The fraction of sp³-hybridized carbons (Fsp3) is 0.269. The second-order valence-electron chi connectivity index (χ2n) is 8.70. The molecule has 2 aromatic heterocycles. The van der Waals surface area contributed by atoms with Crippen LogP contribution in [0.25, 0.3) is 11.3 Å². The van der Waals surface area contributed by atoms with Gasteiger partial charge in [0.05, 0.1) is 11.7 Å². The van der Waals surface area contributed by atoms with E-state index in [1.165, 1.54) is 26.0 Å². The fourth-order valence-corrected chi connectivity index (χ4v) is 3.61. The molecule has 0 aliphatic rings. The molecule has 3 rings (SSSR count). The average molecular weight is 530 g/mol. The maximum Gasteiger partial charge on any atom is 0.452 e. The van der Waals surface area contributed by atoms with E-state index >= 15 is 0 Å². The molecule has 1 unspecified atom stereocenters. The lowest BCUT2D eigenvalue weighted by molar-refractivity contribution is -0.174. The van der Waals surface area contributed by atoms with Crippen molar-refractivity contribution in [2.24, 2.45) is 5.92 Å². The Kier molecular flexibility index (Phi) is 9.00. The van der Waals surface area contributed by atoms with E-state index in [-0.39, 0.29) is 17.9 Å². The third-order valence-electron chi connectivity index (χ3n) is 5.54. The van der Waals surface area contributed by atoms with Crippen molar-refractivity contribution >= 4 is 23.4 Å². The van der Waals surface area contributed by atoms with E-state index < -0.39 is 48.0 Å². The molecular formula is C26H26F3N5O4. The van der Waals surface area contributed by atoms with Crippen molar-refractivity contribution in [3.05, 3.63) is 82.9 Å². The minimum Gasteiger partial charge on any atom is -0.344 e. The largest absolute Gasteiger partial charge is 0.452 e. The number of ketones is 1. The summed E-state index contributed by atoms with van der Waals surface area (Å²) in [4.78, 5) is 54.2. The number of halogens is 3. The number of hydrogen-bond acceptors (Lipinski definition) is 5. The summed E-state index contributed by atoms with van der Waals surface area (Å²) >= 11 is 0. The van der Waals surface area contributed by atoms with Crippen LogP contribution in [-0.4, -0.2) is 39.5 Å². The molecule has 3 N–H and O–H groups in total. The zero-order valence-electron chi connectivity index (χ0n) is 20.6. The number of aromatic nitrogens is 2. The van der Waals surface area contributed by atoms with Crippen LogP contribution in [0.5, 0.6) is 0 Å². The molecule has 0 radical (unpaired) electrons. The van der Waals surface area contributed by atoms with E-state index in [2.05, 4.69) is 20.9 Å². The Labute approximate surface area is 216 Å². The summed E-state index contributed by atoms with van der Waals surface area (Å²) in [5, 5.41) is 7.14. The van der Waals surface area contributed by atoms with Gasteiger partial charge >= 0.3 is 12.2 Å². The van der Waals surface area contributed by atoms with Gasteiger partial charge in [0.25, 0.3) is 11.3 Å². The van der Waals surface area contributed by atoms with Crippen molar-refractivity contribution in [3.63, 3.8) is 0 Å². The SMILES string of the molecule is CC(C)C(NC(=O)Cn1c(-c2ccccc2)ccc(NC(=O)NCc2ccncc2)c1=O)C(=O)C(F)(F)F. The minimum atomic E-state index is -5.14. The predicted octanol–water partition coefficient (Wildman–Crippen LogP) is 3.50. The lowest BCUT2D eigenvalue weighted by Crippen LogP contribution is -2.51.